The van der Waals surface area contributed by atoms with Crippen LogP contribution in [0.5, 0.6) is 0 Å². The minimum absolute atomic E-state index is 0.00549. The lowest BCUT2D eigenvalue weighted by atomic mass is 10.1. The molecule has 35 heavy (non-hydrogen) atoms. The molecular formula is C24H31N7O3S. The van der Waals surface area contributed by atoms with Crippen LogP contribution in [0.25, 0.3) is 11.0 Å². The number of nitrogens with zero attached hydrogens (tertiary/aromatic N) is 4. The summed E-state index contributed by atoms with van der Waals surface area (Å²) in [6, 6.07) is 10.2. The van der Waals surface area contributed by atoms with E-state index in [2.05, 4.69) is 37.6 Å². The molecule has 0 unspecified atom stereocenters. The van der Waals surface area contributed by atoms with Gasteiger partial charge in [0.15, 0.2) is 0 Å². The highest BCUT2D eigenvalue weighted by Gasteiger charge is 2.41. The number of sulfonamides is 1. The predicted molar refractivity (Wildman–Crippen MR) is 137 cm³/mol. The molecule has 1 saturated carbocycles. The summed E-state index contributed by atoms with van der Waals surface area (Å²) in [4.78, 5) is 14.9. The van der Waals surface area contributed by atoms with Crippen LogP contribution >= 0.6 is 0 Å². The number of anilines is 4. The van der Waals surface area contributed by atoms with Gasteiger partial charge in [0.25, 0.3) is 0 Å². The number of rotatable bonds is 7. The van der Waals surface area contributed by atoms with Crippen LogP contribution in [0.15, 0.2) is 36.5 Å². The van der Waals surface area contributed by atoms with Gasteiger partial charge in [0.1, 0.15) is 11.5 Å². The van der Waals surface area contributed by atoms with E-state index in [4.69, 9.17) is 9.72 Å². The molecule has 1 aliphatic carbocycles. The number of hydrogen-bond acceptors (Lipinski definition) is 8. The summed E-state index contributed by atoms with van der Waals surface area (Å²) in [5.74, 6) is 1.19. The number of aromatic nitrogens is 3. The van der Waals surface area contributed by atoms with E-state index in [0.717, 1.165) is 68.7 Å². The van der Waals surface area contributed by atoms with Gasteiger partial charge in [0.2, 0.25) is 16.0 Å². The molecule has 0 spiro atoms. The maximum atomic E-state index is 12.7. The van der Waals surface area contributed by atoms with Gasteiger partial charge in [-0.15, -0.1) is 0 Å². The van der Waals surface area contributed by atoms with E-state index in [1.807, 2.05) is 24.4 Å². The third-order valence-electron chi connectivity index (χ3n) is 6.95. The number of H-pyrrole nitrogens is 1. The molecule has 11 heteroatoms. The van der Waals surface area contributed by atoms with Gasteiger partial charge in [-0.25, -0.2) is 8.42 Å². The molecule has 0 radical (unpaired) electrons. The molecule has 3 aromatic rings. The fraction of sp³-hybridized carbons (Fsp3) is 0.500. The van der Waals surface area contributed by atoms with Crippen molar-refractivity contribution in [2.45, 2.75) is 37.0 Å². The van der Waals surface area contributed by atoms with Crippen LogP contribution in [0.2, 0.25) is 0 Å². The van der Waals surface area contributed by atoms with Gasteiger partial charge in [0, 0.05) is 49.8 Å². The first-order chi connectivity index (χ1) is 17.1. The van der Waals surface area contributed by atoms with Crippen molar-refractivity contribution in [3.63, 3.8) is 0 Å². The van der Waals surface area contributed by atoms with E-state index in [9.17, 15) is 8.42 Å². The maximum absolute atomic E-state index is 12.7. The zero-order valence-corrected chi connectivity index (χ0v) is 20.4. The second-order valence-electron chi connectivity index (χ2n) is 9.49. The van der Waals surface area contributed by atoms with Crippen LogP contribution in [-0.2, 0) is 14.8 Å². The maximum Gasteiger partial charge on any atom is 0.231 e. The van der Waals surface area contributed by atoms with Crippen molar-refractivity contribution >= 4 is 44.2 Å². The molecule has 3 fully saturated rings. The Kier molecular flexibility index (Phi) is 5.99. The fourth-order valence-corrected chi connectivity index (χ4v) is 6.80. The second-order valence-corrected chi connectivity index (χ2v) is 11.7. The third-order valence-corrected chi connectivity index (χ3v) is 9.31. The lowest BCUT2D eigenvalue weighted by molar-refractivity contribution is 0.122. The summed E-state index contributed by atoms with van der Waals surface area (Å²) < 4.78 is 32.6. The van der Waals surface area contributed by atoms with Gasteiger partial charge in [-0.05, 0) is 56.0 Å². The van der Waals surface area contributed by atoms with Gasteiger partial charge >= 0.3 is 0 Å². The molecule has 0 bridgehead atoms. The Morgan fingerprint density at radius 3 is 2.57 bits per heavy atom. The number of fused-ring (bicyclic) bond motifs is 1. The second kappa shape index (κ2) is 9.29. The number of benzene rings is 1. The molecule has 3 aliphatic rings. The first kappa shape index (κ1) is 22.6. The minimum atomic E-state index is -3.17. The highest BCUT2D eigenvalue weighted by molar-refractivity contribution is 7.90. The molecule has 3 N–H and O–H groups in total. The van der Waals surface area contributed by atoms with Crippen LogP contribution in [0.4, 0.5) is 23.1 Å². The molecule has 2 saturated heterocycles. The standard InChI is InChI=1S/C24H31N7O3S/c32-35(33,20-7-8-20)31-11-1-2-18(16-31)26-23-21-9-10-25-22(21)28-24(29-23)27-17-3-5-19(6-4-17)30-12-14-34-15-13-30/h3-6,9-10,18,20H,1-2,7-8,11-16H2,(H3,25,26,27,28,29)/t18-/m0/s1. The zero-order chi connectivity index (χ0) is 23.8. The van der Waals surface area contributed by atoms with Crippen molar-refractivity contribution in [2.75, 3.05) is 54.9 Å². The summed E-state index contributed by atoms with van der Waals surface area (Å²) in [5, 5.41) is 7.54. The Morgan fingerprint density at radius 2 is 1.80 bits per heavy atom. The number of ether oxygens (including phenoxy) is 1. The average Bonchev–Trinajstić information content (AvgIpc) is 3.64. The number of aromatic amines is 1. The van der Waals surface area contributed by atoms with Crippen molar-refractivity contribution in [1.29, 1.82) is 0 Å². The van der Waals surface area contributed by atoms with Crippen LogP contribution in [-0.4, -0.2) is 78.4 Å². The Bertz CT molecular complexity index is 1280. The summed E-state index contributed by atoms with van der Waals surface area (Å²) in [7, 11) is -3.17. The zero-order valence-electron chi connectivity index (χ0n) is 19.6. The van der Waals surface area contributed by atoms with E-state index < -0.39 is 10.0 Å². The quantitative estimate of drug-likeness (QED) is 0.456. The monoisotopic (exact) mass is 497 g/mol. The molecule has 2 aromatic heterocycles. The van der Waals surface area contributed by atoms with Gasteiger partial charge in [0.05, 0.1) is 23.8 Å². The Hall–Kier alpha value is -2.89. The number of hydrogen-bond donors (Lipinski definition) is 3. The van der Waals surface area contributed by atoms with Crippen LogP contribution in [0.1, 0.15) is 25.7 Å². The van der Waals surface area contributed by atoms with E-state index in [-0.39, 0.29) is 11.3 Å². The Balaban J connectivity index is 1.19. The van der Waals surface area contributed by atoms with Crippen molar-refractivity contribution in [3.05, 3.63) is 36.5 Å². The van der Waals surface area contributed by atoms with Crippen LogP contribution < -0.4 is 15.5 Å². The summed E-state index contributed by atoms with van der Waals surface area (Å²) in [5.41, 5.74) is 2.80. The molecule has 1 aromatic carbocycles. The van der Waals surface area contributed by atoms with Gasteiger partial charge in [-0.1, -0.05) is 0 Å². The minimum Gasteiger partial charge on any atom is -0.378 e. The first-order valence-electron chi connectivity index (χ1n) is 12.4. The molecule has 0 amide bonds. The topological polar surface area (TPSA) is 115 Å². The van der Waals surface area contributed by atoms with E-state index in [1.165, 1.54) is 5.69 Å². The van der Waals surface area contributed by atoms with Crippen molar-refractivity contribution in [1.82, 2.24) is 19.3 Å². The number of piperidine rings is 1. The number of morpholine rings is 1. The molecule has 1 atom stereocenters. The smallest absolute Gasteiger partial charge is 0.231 e. The van der Waals surface area contributed by atoms with Crippen molar-refractivity contribution in [3.8, 4) is 0 Å². The summed E-state index contributed by atoms with van der Waals surface area (Å²) in [6.45, 7) is 4.38. The highest BCUT2D eigenvalue weighted by Crippen LogP contribution is 2.33. The lowest BCUT2D eigenvalue weighted by Gasteiger charge is -2.32. The first-order valence-corrected chi connectivity index (χ1v) is 13.9. The molecule has 4 heterocycles. The molecule has 6 rings (SSSR count). The normalized spacial score (nSPS) is 21.8. The molecular weight excluding hydrogens is 466 g/mol. The van der Waals surface area contributed by atoms with Gasteiger partial charge in [-0.2, -0.15) is 14.3 Å². The Labute approximate surface area is 205 Å². The van der Waals surface area contributed by atoms with E-state index in [1.54, 1.807) is 4.31 Å². The molecule has 2 aliphatic heterocycles. The predicted octanol–water partition coefficient (Wildman–Crippen LogP) is 2.91. The highest BCUT2D eigenvalue weighted by atomic mass is 32.2. The van der Waals surface area contributed by atoms with Crippen molar-refractivity contribution in [2.24, 2.45) is 0 Å². The molecule has 10 nitrogen and oxygen atoms in total. The number of nitrogens with one attached hydrogen (secondary N) is 3. The summed E-state index contributed by atoms with van der Waals surface area (Å²) >= 11 is 0. The van der Waals surface area contributed by atoms with E-state index in [0.29, 0.717) is 24.9 Å². The average molecular weight is 498 g/mol. The lowest BCUT2D eigenvalue weighted by Crippen LogP contribution is -2.46. The van der Waals surface area contributed by atoms with Crippen LogP contribution in [0, 0.1) is 0 Å². The van der Waals surface area contributed by atoms with Crippen molar-refractivity contribution < 1.29 is 13.2 Å². The van der Waals surface area contributed by atoms with Gasteiger partial charge in [-0.3, -0.25) is 0 Å². The SMILES string of the molecule is O=S(=O)(C1CC1)N1CCC[C@H](Nc2nc(Nc3ccc(N4CCOCC4)cc3)nc3[nH]ccc23)C1. The third kappa shape index (κ3) is 4.80. The van der Waals surface area contributed by atoms with Gasteiger partial charge < -0.3 is 25.3 Å². The largest absolute Gasteiger partial charge is 0.378 e. The summed E-state index contributed by atoms with van der Waals surface area (Å²) in [6.07, 6.45) is 5.16. The van der Waals surface area contributed by atoms with Crippen LogP contribution in [0.3, 0.4) is 0 Å². The Morgan fingerprint density at radius 1 is 1.00 bits per heavy atom. The fourth-order valence-electron chi connectivity index (χ4n) is 4.87. The molecule has 186 valence electrons. The van der Waals surface area contributed by atoms with E-state index >= 15 is 0 Å².